The van der Waals surface area contributed by atoms with Crippen LogP contribution in [0.3, 0.4) is 0 Å². The molecular formula is C19H38S. The summed E-state index contributed by atoms with van der Waals surface area (Å²) < 4.78 is 0.353. The third-order valence-electron chi connectivity index (χ3n) is 3.63. The molecule has 0 N–H and O–H groups in total. The van der Waals surface area contributed by atoms with Gasteiger partial charge in [0.05, 0.1) is 0 Å². The number of thioether (sulfide) groups is 1. The van der Waals surface area contributed by atoms with Crippen LogP contribution in [0.1, 0.15) is 98.8 Å². The van der Waals surface area contributed by atoms with Crippen LogP contribution in [0.2, 0.25) is 0 Å². The number of allylic oxidation sites excluding steroid dienone is 1. The second-order valence-corrected chi connectivity index (χ2v) is 8.75. The summed E-state index contributed by atoms with van der Waals surface area (Å²) in [6.07, 6.45) is 16.5. The van der Waals surface area contributed by atoms with Gasteiger partial charge >= 0.3 is 0 Å². The van der Waals surface area contributed by atoms with E-state index in [2.05, 4.69) is 46.1 Å². The Bertz CT molecular complexity index is 212. The van der Waals surface area contributed by atoms with Crippen LogP contribution in [0.5, 0.6) is 0 Å². The minimum Gasteiger partial charge on any atom is -0.128 e. The van der Waals surface area contributed by atoms with Gasteiger partial charge in [-0.3, -0.25) is 0 Å². The molecule has 0 aromatic carbocycles. The summed E-state index contributed by atoms with van der Waals surface area (Å²) in [6, 6.07) is 0. The fourth-order valence-electron chi connectivity index (χ4n) is 2.36. The Morgan fingerprint density at radius 2 is 1.30 bits per heavy atom. The lowest BCUT2D eigenvalue weighted by atomic mass is 9.95. The number of hydrogen-bond acceptors (Lipinski definition) is 1. The average molecular weight is 299 g/mol. The molecule has 0 amide bonds. The van der Waals surface area contributed by atoms with Crippen LogP contribution in [-0.2, 0) is 0 Å². The summed E-state index contributed by atoms with van der Waals surface area (Å²) in [7, 11) is 0. The Kier molecular flexibility index (Phi) is 12.9. The summed E-state index contributed by atoms with van der Waals surface area (Å²) in [4.78, 5) is 0. The Morgan fingerprint density at radius 3 is 1.70 bits per heavy atom. The highest BCUT2D eigenvalue weighted by Gasteiger charge is 2.09. The molecule has 0 nitrogen and oxygen atoms in total. The summed E-state index contributed by atoms with van der Waals surface area (Å²) >= 11 is 1.97. The molecule has 1 heteroatoms. The number of unbranched alkanes of at least 4 members (excludes halogenated alkanes) is 6. The second kappa shape index (κ2) is 12.8. The van der Waals surface area contributed by atoms with Crippen molar-refractivity contribution < 1.29 is 0 Å². The summed E-state index contributed by atoms with van der Waals surface area (Å²) in [5.74, 6) is 0.818. The molecule has 0 bridgehead atoms. The maximum atomic E-state index is 2.49. The molecule has 0 rings (SSSR count). The molecule has 0 aliphatic carbocycles. The van der Waals surface area contributed by atoms with Crippen molar-refractivity contribution in [2.45, 2.75) is 104 Å². The Hall–Kier alpha value is 0.0900. The molecule has 0 aliphatic rings. The predicted octanol–water partition coefficient (Wildman–Crippen LogP) is 7.59. The lowest BCUT2D eigenvalue weighted by Gasteiger charge is -2.16. The van der Waals surface area contributed by atoms with Gasteiger partial charge in [0.1, 0.15) is 0 Å². The van der Waals surface area contributed by atoms with Crippen molar-refractivity contribution in [3.05, 3.63) is 11.5 Å². The van der Waals surface area contributed by atoms with E-state index in [-0.39, 0.29) is 0 Å². The third kappa shape index (κ3) is 14.5. The summed E-state index contributed by atoms with van der Waals surface area (Å²) in [6.45, 7) is 11.5. The molecule has 0 aromatic heterocycles. The van der Waals surface area contributed by atoms with Crippen molar-refractivity contribution in [3.8, 4) is 0 Å². The fraction of sp³-hybridized carbons (Fsp3) is 0.895. The minimum atomic E-state index is 0.353. The first-order chi connectivity index (χ1) is 9.49. The van der Waals surface area contributed by atoms with Crippen molar-refractivity contribution in [1.29, 1.82) is 0 Å². The van der Waals surface area contributed by atoms with Crippen LogP contribution in [0.25, 0.3) is 0 Å². The Labute approximate surface area is 133 Å². The van der Waals surface area contributed by atoms with E-state index in [9.17, 15) is 0 Å². The molecule has 0 atom stereocenters. The molecule has 0 radical (unpaired) electrons. The van der Waals surface area contributed by atoms with E-state index in [1.54, 1.807) is 0 Å². The number of hydrogen-bond donors (Lipinski definition) is 0. The normalized spacial score (nSPS) is 12.7. The van der Waals surface area contributed by atoms with Crippen LogP contribution in [0.15, 0.2) is 11.5 Å². The molecule has 0 saturated heterocycles. The van der Waals surface area contributed by atoms with Gasteiger partial charge in [0.25, 0.3) is 0 Å². The zero-order valence-corrected chi connectivity index (χ0v) is 15.5. The molecule has 0 fully saturated rings. The Balaban J connectivity index is 4.02. The highest BCUT2D eigenvalue weighted by Crippen LogP contribution is 2.27. The van der Waals surface area contributed by atoms with Gasteiger partial charge in [0, 0.05) is 4.75 Å². The van der Waals surface area contributed by atoms with Crippen LogP contribution in [0.4, 0.5) is 0 Å². The number of rotatable bonds is 12. The van der Waals surface area contributed by atoms with E-state index in [1.807, 2.05) is 11.8 Å². The zero-order chi connectivity index (χ0) is 15.3. The predicted molar refractivity (Wildman–Crippen MR) is 97.5 cm³/mol. The van der Waals surface area contributed by atoms with Gasteiger partial charge in [-0.2, -0.15) is 0 Å². The van der Waals surface area contributed by atoms with Crippen LogP contribution < -0.4 is 0 Å². The van der Waals surface area contributed by atoms with Crippen LogP contribution in [0, 0.1) is 5.92 Å². The van der Waals surface area contributed by atoms with E-state index in [0.29, 0.717) is 4.75 Å². The van der Waals surface area contributed by atoms with Crippen molar-refractivity contribution in [3.63, 3.8) is 0 Å². The topological polar surface area (TPSA) is 0 Å². The van der Waals surface area contributed by atoms with Gasteiger partial charge in [-0.25, -0.2) is 0 Å². The van der Waals surface area contributed by atoms with Gasteiger partial charge < -0.3 is 0 Å². The molecule has 0 unspecified atom stereocenters. The van der Waals surface area contributed by atoms with Crippen molar-refractivity contribution in [2.75, 3.05) is 0 Å². The SMILES string of the molecule is CCCCCCC(/C=C/SC(C)(C)C)CCCCCC. The van der Waals surface area contributed by atoms with E-state index < -0.39 is 0 Å². The molecular weight excluding hydrogens is 260 g/mol. The van der Waals surface area contributed by atoms with Crippen molar-refractivity contribution in [2.24, 2.45) is 5.92 Å². The standard InChI is InChI=1S/C19H38S/c1-6-8-10-12-14-18(15-13-11-9-7-2)16-17-20-19(3,4)5/h16-18H,6-15H2,1-5H3/b17-16+. The van der Waals surface area contributed by atoms with Gasteiger partial charge in [-0.1, -0.05) is 92.1 Å². The van der Waals surface area contributed by atoms with Crippen LogP contribution in [-0.4, -0.2) is 4.75 Å². The average Bonchev–Trinajstić information content (AvgIpc) is 2.37. The lowest BCUT2D eigenvalue weighted by Crippen LogP contribution is -2.05. The molecule has 0 heterocycles. The summed E-state index contributed by atoms with van der Waals surface area (Å²) in [5, 5.41) is 2.37. The fourth-order valence-corrected chi connectivity index (χ4v) is 3.07. The highest BCUT2D eigenvalue weighted by atomic mass is 32.2. The van der Waals surface area contributed by atoms with Gasteiger partial charge in [0.2, 0.25) is 0 Å². The van der Waals surface area contributed by atoms with E-state index in [4.69, 9.17) is 0 Å². The van der Waals surface area contributed by atoms with Gasteiger partial charge in [-0.05, 0) is 24.2 Å². The molecule has 0 aromatic rings. The van der Waals surface area contributed by atoms with E-state index >= 15 is 0 Å². The Morgan fingerprint density at radius 1 is 0.800 bits per heavy atom. The highest BCUT2D eigenvalue weighted by molar-refractivity contribution is 8.03. The molecule has 20 heavy (non-hydrogen) atoms. The summed E-state index contributed by atoms with van der Waals surface area (Å²) in [5.41, 5.74) is 0. The first kappa shape index (κ1) is 20.1. The molecule has 0 saturated carbocycles. The molecule has 120 valence electrons. The smallest absolute Gasteiger partial charge is 0.0116 e. The molecule has 0 aliphatic heterocycles. The minimum absolute atomic E-state index is 0.353. The van der Waals surface area contributed by atoms with Gasteiger partial charge in [-0.15, -0.1) is 11.8 Å². The lowest BCUT2D eigenvalue weighted by molar-refractivity contribution is 0.473. The van der Waals surface area contributed by atoms with Crippen molar-refractivity contribution in [1.82, 2.24) is 0 Å². The maximum Gasteiger partial charge on any atom is 0.0116 e. The first-order valence-electron chi connectivity index (χ1n) is 8.84. The largest absolute Gasteiger partial charge is 0.128 e. The van der Waals surface area contributed by atoms with Gasteiger partial charge in [0.15, 0.2) is 0 Å². The zero-order valence-electron chi connectivity index (χ0n) is 14.7. The quantitative estimate of drug-likeness (QED) is 0.334. The monoisotopic (exact) mass is 298 g/mol. The second-order valence-electron chi connectivity index (χ2n) is 7.02. The van der Waals surface area contributed by atoms with Crippen LogP contribution >= 0.6 is 11.8 Å². The molecule has 0 spiro atoms. The first-order valence-corrected chi connectivity index (χ1v) is 9.72. The van der Waals surface area contributed by atoms with E-state index in [0.717, 1.165) is 5.92 Å². The van der Waals surface area contributed by atoms with E-state index in [1.165, 1.54) is 64.2 Å². The van der Waals surface area contributed by atoms with Crippen molar-refractivity contribution >= 4 is 11.8 Å². The maximum absolute atomic E-state index is 2.49. The third-order valence-corrected chi connectivity index (χ3v) is 4.63.